The van der Waals surface area contributed by atoms with Crippen molar-refractivity contribution in [2.45, 2.75) is 13.8 Å². The van der Waals surface area contributed by atoms with Crippen molar-refractivity contribution < 1.29 is 0 Å². The number of aryl methyl sites for hydroxylation is 2. The third-order valence-electron chi connectivity index (χ3n) is 3.10. The van der Waals surface area contributed by atoms with Crippen molar-refractivity contribution in [1.82, 2.24) is 9.78 Å². The normalized spacial score (nSPS) is 11.0. The molecule has 3 heteroatoms. The summed E-state index contributed by atoms with van der Waals surface area (Å²) in [5.41, 5.74) is 11.3. The summed E-state index contributed by atoms with van der Waals surface area (Å²) in [5, 5.41) is 5.44. The predicted molar refractivity (Wildman–Crippen MR) is 75.0 cm³/mol. The minimum absolute atomic E-state index is 0.767. The third kappa shape index (κ3) is 1.64. The van der Waals surface area contributed by atoms with Crippen LogP contribution in [0.5, 0.6) is 0 Å². The van der Waals surface area contributed by atoms with Crippen LogP contribution < -0.4 is 5.73 Å². The van der Waals surface area contributed by atoms with Gasteiger partial charge < -0.3 is 5.73 Å². The SMILES string of the molecule is Cc1cc(C)cc(-n2ncc3c(N)cccc32)c1. The molecule has 90 valence electrons. The molecule has 0 bridgehead atoms. The molecule has 0 amide bonds. The standard InChI is InChI=1S/C15H15N3/c1-10-6-11(2)8-12(7-10)18-15-5-3-4-14(16)13(15)9-17-18/h3-9H,16H2,1-2H3. The molecule has 0 radical (unpaired) electrons. The lowest BCUT2D eigenvalue weighted by Gasteiger charge is -2.06. The summed E-state index contributed by atoms with van der Waals surface area (Å²) in [6.07, 6.45) is 1.82. The predicted octanol–water partition coefficient (Wildman–Crippen LogP) is 3.22. The van der Waals surface area contributed by atoms with E-state index in [9.17, 15) is 0 Å². The zero-order chi connectivity index (χ0) is 12.7. The average Bonchev–Trinajstić information content (AvgIpc) is 2.73. The van der Waals surface area contributed by atoms with Crippen LogP contribution in [0.2, 0.25) is 0 Å². The van der Waals surface area contributed by atoms with Crippen LogP contribution >= 0.6 is 0 Å². The molecule has 0 saturated carbocycles. The number of rotatable bonds is 1. The summed E-state index contributed by atoms with van der Waals surface area (Å²) < 4.78 is 1.94. The number of nitrogens with two attached hydrogens (primary N) is 1. The lowest BCUT2D eigenvalue weighted by atomic mass is 10.1. The Hall–Kier alpha value is -2.29. The van der Waals surface area contributed by atoms with E-state index < -0.39 is 0 Å². The van der Waals surface area contributed by atoms with Crippen molar-refractivity contribution >= 4 is 16.6 Å². The van der Waals surface area contributed by atoms with E-state index in [-0.39, 0.29) is 0 Å². The molecular weight excluding hydrogens is 222 g/mol. The van der Waals surface area contributed by atoms with E-state index in [0.29, 0.717) is 0 Å². The maximum Gasteiger partial charge on any atom is 0.0761 e. The minimum atomic E-state index is 0.767. The zero-order valence-electron chi connectivity index (χ0n) is 10.5. The number of nitrogen functional groups attached to an aromatic ring is 1. The molecule has 0 aliphatic carbocycles. The minimum Gasteiger partial charge on any atom is -0.398 e. The maximum absolute atomic E-state index is 5.95. The first kappa shape index (κ1) is 10.8. The van der Waals surface area contributed by atoms with Crippen LogP contribution in [0.15, 0.2) is 42.6 Å². The van der Waals surface area contributed by atoms with Crippen molar-refractivity contribution in [3.05, 3.63) is 53.7 Å². The number of benzene rings is 2. The molecule has 0 saturated heterocycles. The fourth-order valence-corrected chi connectivity index (χ4v) is 2.35. The Balaban J connectivity index is 2.29. The highest BCUT2D eigenvalue weighted by Gasteiger charge is 2.07. The van der Waals surface area contributed by atoms with Crippen molar-refractivity contribution in [1.29, 1.82) is 0 Å². The molecule has 0 aliphatic heterocycles. The Morgan fingerprint density at radius 2 is 1.78 bits per heavy atom. The zero-order valence-corrected chi connectivity index (χ0v) is 10.5. The van der Waals surface area contributed by atoms with Crippen molar-refractivity contribution in [2.24, 2.45) is 0 Å². The monoisotopic (exact) mass is 237 g/mol. The molecule has 1 heterocycles. The van der Waals surface area contributed by atoms with Crippen LogP contribution in [-0.4, -0.2) is 9.78 Å². The summed E-state index contributed by atoms with van der Waals surface area (Å²) in [4.78, 5) is 0. The van der Waals surface area contributed by atoms with Gasteiger partial charge in [0.1, 0.15) is 0 Å². The van der Waals surface area contributed by atoms with Crippen LogP contribution in [0.3, 0.4) is 0 Å². The van der Waals surface area contributed by atoms with Gasteiger partial charge in [0.05, 0.1) is 17.4 Å². The number of fused-ring (bicyclic) bond motifs is 1. The third-order valence-corrected chi connectivity index (χ3v) is 3.10. The molecule has 0 spiro atoms. The summed E-state index contributed by atoms with van der Waals surface area (Å²) in [5.74, 6) is 0. The largest absolute Gasteiger partial charge is 0.398 e. The Bertz CT molecular complexity index is 705. The van der Waals surface area contributed by atoms with Gasteiger partial charge in [0.2, 0.25) is 0 Å². The summed E-state index contributed by atoms with van der Waals surface area (Å²) >= 11 is 0. The van der Waals surface area contributed by atoms with Crippen molar-refractivity contribution in [3.63, 3.8) is 0 Å². The van der Waals surface area contributed by atoms with Crippen LogP contribution in [-0.2, 0) is 0 Å². The Morgan fingerprint density at radius 1 is 1.06 bits per heavy atom. The number of nitrogens with zero attached hydrogens (tertiary/aromatic N) is 2. The molecule has 0 unspecified atom stereocenters. The molecule has 0 aliphatic rings. The first-order valence-corrected chi connectivity index (χ1v) is 5.96. The second-order valence-electron chi connectivity index (χ2n) is 4.68. The van der Waals surface area contributed by atoms with Gasteiger partial charge in [-0.1, -0.05) is 12.1 Å². The molecule has 2 N–H and O–H groups in total. The van der Waals surface area contributed by atoms with Gasteiger partial charge >= 0.3 is 0 Å². The van der Waals surface area contributed by atoms with Gasteiger partial charge in [0.15, 0.2) is 0 Å². The Kier molecular flexibility index (Phi) is 2.33. The molecule has 3 aromatic rings. The second-order valence-corrected chi connectivity index (χ2v) is 4.68. The number of hydrogen-bond acceptors (Lipinski definition) is 2. The van der Waals surface area contributed by atoms with E-state index in [1.165, 1.54) is 11.1 Å². The summed E-state index contributed by atoms with van der Waals surface area (Å²) in [6, 6.07) is 12.3. The first-order chi connectivity index (χ1) is 8.65. The quantitative estimate of drug-likeness (QED) is 0.660. The molecule has 0 atom stereocenters. The average molecular weight is 237 g/mol. The van der Waals surface area contributed by atoms with E-state index in [2.05, 4.69) is 37.1 Å². The Morgan fingerprint density at radius 3 is 2.50 bits per heavy atom. The van der Waals surface area contributed by atoms with Gasteiger partial charge in [-0.25, -0.2) is 4.68 Å². The van der Waals surface area contributed by atoms with Gasteiger partial charge in [-0.05, 0) is 49.2 Å². The second kappa shape index (κ2) is 3.88. The lowest BCUT2D eigenvalue weighted by Crippen LogP contribution is -1.97. The Labute approximate surface area is 106 Å². The first-order valence-electron chi connectivity index (χ1n) is 5.96. The lowest BCUT2D eigenvalue weighted by molar-refractivity contribution is 0.907. The van der Waals surface area contributed by atoms with Gasteiger partial charge in [-0.2, -0.15) is 5.10 Å². The van der Waals surface area contributed by atoms with E-state index in [0.717, 1.165) is 22.3 Å². The van der Waals surface area contributed by atoms with Gasteiger partial charge in [0, 0.05) is 11.1 Å². The molecule has 2 aromatic carbocycles. The maximum atomic E-state index is 5.95. The van der Waals surface area contributed by atoms with Crippen LogP contribution in [0, 0.1) is 13.8 Å². The molecular formula is C15H15N3. The molecule has 18 heavy (non-hydrogen) atoms. The molecule has 3 nitrogen and oxygen atoms in total. The van der Waals surface area contributed by atoms with Gasteiger partial charge in [0.25, 0.3) is 0 Å². The highest BCUT2D eigenvalue weighted by molar-refractivity contribution is 5.91. The van der Waals surface area contributed by atoms with E-state index in [1.807, 2.05) is 29.1 Å². The van der Waals surface area contributed by atoms with E-state index in [1.54, 1.807) is 0 Å². The van der Waals surface area contributed by atoms with Crippen molar-refractivity contribution in [3.8, 4) is 5.69 Å². The fourth-order valence-electron chi connectivity index (χ4n) is 2.35. The topological polar surface area (TPSA) is 43.8 Å². The van der Waals surface area contributed by atoms with E-state index >= 15 is 0 Å². The number of hydrogen-bond donors (Lipinski definition) is 1. The van der Waals surface area contributed by atoms with Crippen LogP contribution in [0.4, 0.5) is 5.69 Å². The summed E-state index contributed by atoms with van der Waals surface area (Å²) in [6.45, 7) is 4.19. The smallest absolute Gasteiger partial charge is 0.0761 e. The number of anilines is 1. The van der Waals surface area contributed by atoms with Gasteiger partial charge in [-0.15, -0.1) is 0 Å². The van der Waals surface area contributed by atoms with E-state index in [4.69, 9.17) is 5.73 Å². The highest BCUT2D eigenvalue weighted by Crippen LogP contribution is 2.23. The highest BCUT2D eigenvalue weighted by atomic mass is 15.3. The van der Waals surface area contributed by atoms with Crippen LogP contribution in [0.25, 0.3) is 16.6 Å². The molecule has 0 fully saturated rings. The van der Waals surface area contributed by atoms with Crippen LogP contribution in [0.1, 0.15) is 11.1 Å². The molecule has 1 aromatic heterocycles. The molecule has 3 rings (SSSR count). The fraction of sp³-hybridized carbons (Fsp3) is 0.133. The van der Waals surface area contributed by atoms with Crippen molar-refractivity contribution in [2.75, 3.05) is 5.73 Å². The summed E-state index contributed by atoms with van der Waals surface area (Å²) in [7, 11) is 0. The van der Waals surface area contributed by atoms with Gasteiger partial charge in [-0.3, -0.25) is 0 Å². The number of aromatic nitrogens is 2.